The molecule has 0 spiro atoms. The van der Waals surface area contributed by atoms with E-state index in [2.05, 4.69) is 10.6 Å². The van der Waals surface area contributed by atoms with Gasteiger partial charge in [0.05, 0.1) is 11.6 Å². The number of carbonyl (C=O) groups excluding carboxylic acids is 1. The molecular weight excluding hydrogens is 192 g/mol. The predicted molar refractivity (Wildman–Crippen MR) is 59.7 cm³/mol. The van der Waals surface area contributed by atoms with Crippen molar-refractivity contribution in [1.82, 2.24) is 10.6 Å². The van der Waals surface area contributed by atoms with E-state index in [0.29, 0.717) is 6.54 Å². The fraction of sp³-hybridized carbons (Fsp3) is 0.909. The average molecular weight is 214 g/mol. The first kappa shape index (κ1) is 12.5. The van der Waals surface area contributed by atoms with Crippen LogP contribution >= 0.6 is 0 Å². The van der Waals surface area contributed by atoms with E-state index in [9.17, 15) is 4.79 Å². The van der Waals surface area contributed by atoms with Crippen LogP contribution in [0.2, 0.25) is 0 Å². The third-order valence-electron chi connectivity index (χ3n) is 2.70. The molecule has 0 aromatic rings. The van der Waals surface area contributed by atoms with Crippen molar-refractivity contribution >= 4 is 5.91 Å². The number of nitrogens with one attached hydrogen (secondary N) is 2. The van der Waals surface area contributed by atoms with Crippen LogP contribution in [0.4, 0.5) is 0 Å². The van der Waals surface area contributed by atoms with E-state index < -0.39 is 5.54 Å². The Hall–Kier alpha value is -0.610. The van der Waals surface area contributed by atoms with Crippen LogP contribution in [-0.4, -0.2) is 37.2 Å². The zero-order valence-corrected chi connectivity index (χ0v) is 9.93. The number of hydrogen-bond acceptors (Lipinski definition) is 3. The Balaban J connectivity index is 2.27. The summed E-state index contributed by atoms with van der Waals surface area (Å²) < 4.78 is 5.44. The highest BCUT2D eigenvalue weighted by atomic mass is 16.5. The quantitative estimate of drug-likeness (QED) is 0.707. The topological polar surface area (TPSA) is 50.4 Å². The second kappa shape index (κ2) is 5.47. The molecule has 1 unspecified atom stereocenters. The highest BCUT2D eigenvalue weighted by Crippen LogP contribution is 2.11. The summed E-state index contributed by atoms with van der Waals surface area (Å²) in [5.41, 5.74) is -0.493. The Morgan fingerprint density at radius 2 is 2.27 bits per heavy atom. The molecule has 0 bridgehead atoms. The summed E-state index contributed by atoms with van der Waals surface area (Å²) in [6.45, 7) is 8.03. The van der Waals surface area contributed by atoms with Gasteiger partial charge >= 0.3 is 0 Å². The van der Waals surface area contributed by atoms with E-state index in [4.69, 9.17) is 4.74 Å². The molecule has 2 N–H and O–H groups in total. The van der Waals surface area contributed by atoms with Crippen LogP contribution in [0.3, 0.4) is 0 Å². The lowest BCUT2D eigenvalue weighted by molar-refractivity contribution is -0.126. The molecule has 1 fully saturated rings. The third kappa shape index (κ3) is 3.80. The molecule has 1 amide bonds. The molecular formula is C11H22N2O2. The summed E-state index contributed by atoms with van der Waals surface area (Å²) in [4.78, 5) is 11.8. The minimum Gasteiger partial charge on any atom is -0.376 e. The van der Waals surface area contributed by atoms with Crippen LogP contribution in [0.25, 0.3) is 0 Å². The fourth-order valence-corrected chi connectivity index (χ4v) is 1.76. The van der Waals surface area contributed by atoms with Crippen molar-refractivity contribution in [2.45, 2.75) is 45.3 Å². The maximum Gasteiger partial charge on any atom is 0.239 e. The number of carbonyl (C=O) groups is 1. The molecule has 1 aliphatic rings. The van der Waals surface area contributed by atoms with E-state index in [-0.39, 0.29) is 12.0 Å². The highest BCUT2D eigenvalue weighted by Gasteiger charge is 2.27. The second-order valence-corrected chi connectivity index (χ2v) is 4.50. The lowest BCUT2D eigenvalue weighted by Gasteiger charge is -2.25. The third-order valence-corrected chi connectivity index (χ3v) is 2.70. The maximum absolute atomic E-state index is 11.8. The van der Waals surface area contributed by atoms with Crippen molar-refractivity contribution in [3.8, 4) is 0 Å². The smallest absolute Gasteiger partial charge is 0.239 e. The second-order valence-electron chi connectivity index (χ2n) is 4.50. The Morgan fingerprint density at radius 1 is 1.53 bits per heavy atom. The van der Waals surface area contributed by atoms with Gasteiger partial charge in [-0.2, -0.15) is 0 Å². The Kier molecular flexibility index (Phi) is 4.54. The number of rotatable bonds is 5. The zero-order valence-electron chi connectivity index (χ0n) is 9.93. The van der Waals surface area contributed by atoms with Gasteiger partial charge in [-0.25, -0.2) is 0 Å². The summed E-state index contributed by atoms with van der Waals surface area (Å²) >= 11 is 0. The fourth-order valence-electron chi connectivity index (χ4n) is 1.76. The number of hydrogen-bond donors (Lipinski definition) is 2. The van der Waals surface area contributed by atoms with Crippen LogP contribution in [0.15, 0.2) is 0 Å². The standard InChI is InChI=1S/C11H22N2O2/c1-4-13-11(2,3)10(14)12-8-9-6-5-7-15-9/h9,13H,4-8H2,1-3H3,(H,12,14). The molecule has 1 saturated heterocycles. The predicted octanol–water partition coefficient (Wildman–Crippen LogP) is 0.670. The summed E-state index contributed by atoms with van der Waals surface area (Å²) in [6.07, 6.45) is 2.38. The lowest BCUT2D eigenvalue weighted by atomic mass is 10.0. The Bertz CT molecular complexity index is 211. The minimum atomic E-state index is -0.493. The minimum absolute atomic E-state index is 0.0415. The maximum atomic E-state index is 11.8. The number of ether oxygens (including phenoxy) is 1. The number of likely N-dealkylation sites (N-methyl/N-ethyl adjacent to an activating group) is 1. The van der Waals surface area contributed by atoms with Crippen molar-refractivity contribution in [2.24, 2.45) is 0 Å². The van der Waals surface area contributed by atoms with Gasteiger partial charge in [-0.1, -0.05) is 6.92 Å². The molecule has 1 rings (SSSR count). The van der Waals surface area contributed by atoms with Crippen LogP contribution in [-0.2, 0) is 9.53 Å². The summed E-state index contributed by atoms with van der Waals surface area (Å²) in [5.74, 6) is 0.0415. The van der Waals surface area contributed by atoms with Gasteiger partial charge in [-0.05, 0) is 33.2 Å². The number of amides is 1. The molecule has 0 aromatic heterocycles. The van der Waals surface area contributed by atoms with Crippen LogP contribution in [0, 0.1) is 0 Å². The average Bonchev–Trinajstić information content (AvgIpc) is 2.66. The van der Waals surface area contributed by atoms with Gasteiger partial charge in [0.1, 0.15) is 0 Å². The van der Waals surface area contributed by atoms with E-state index in [1.165, 1.54) is 0 Å². The van der Waals surface area contributed by atoms with Gasteiger partial charge < -0.3 is 15.4 Å². The van der Waals surface area contributed by atoms with E-state index in [0.717, 1.165) is 26.0 Å². The molecule has 1 atom stereocenters. The molecule has 15 heavy (non-hydrogen) atoms. The Labute approximate surface area is 91.8 Å². The first-order chi connectivity index (χ1) is 7.06. The van der Waals surface area contributed by atoms with Crippen molar-refractivity contribution in [3.05, 3.63) is 0 Å². The largest absolute Gasteiger partial charge is 0.376 e. The summed E-state index contributed by atoms with van der Waals surface area (Å²) in [5, 5.41) is 6.07. The van der Waals surface area contributed by atoms with Gasteiger partial charge in [0.25, 0.3) is 0 Å². The van der Waals surface area contributed by atoms with Gasteiger partial charge in [-0.15, -0.1) is 0 Å². The molecule has 0 radical (unpaired) electrons. The first-order valence-corrected chi connectivity index (χ1v) is 5.71. The molecule has 4 heteroatoms. The molecule has 1 heterocycles. The van der Waals surface area contributed by atoms with Crippen LogP contribution in [0.5, 0.6) is 0 Å². The van der Waals surface area contributed by atoms with E-state index >= 15 is 0 Å². The van der Waals surface area contributed by atoms with Crippen molar-refractivity contribution in [3.63, 3.8) is 0 Å². The van der Waals surface area contributed by atoms with E-state index in [1.807, 2.05) is 20.8 Å². The van der Waals surface area contributed by atoms with Crippen LogP contribution in [0.1, 0.15) is 33.6 Å². The van der Waals surface area contributed by atoms with Gasteiger partial charge in [0, 0.05) is 13.2 Å². The van der Waals surface area contributed by atoms with Gasteiger partial charge in [-0.3, -0.25) is 4.79 Å². The highest BCUT2D eigenvalue weighted by molar-refractivity contribution is 5.85. The summed E-state index contributed by atoms with van der Waals surface area (Å²) in [7, 11) is 0. The summed E-state index contributed by atoms with van der Waals surface area (Å²) in [6, 6.07) is 0. The first-order valence-electron chi connectivity index (χ1n) is 5.71. The monoisotopic (exact) mass is 214 g/mol. The molecule has 0 aliphatic carbocycles. The zero-order chi connectivity index (χ0) is 11.3. The molecule has 1 aliphatic heterocycles. The van der Waals surface area contributed by atoms with Crippen LogP contribution < -0.4 is 10.6 Å². The Morgan fingerprint density at radius 3 is 2.80 bits per heavy atom. The molecule has 0 saturated carbocycles. The SMILES string of the molecule is CCNC(C)(C)C(=O)NCC1CCCO1. The lowest BCUT2D eigenvalue weighted by Crippen LogP contribution is -2.53. The molecule has 4 nitrogen and oxygen atoms in total. The van der Waals surface area contributed by atoms with E-state index in [1.54, 1.807) is 0 Å². The van der Waals surface area contributed by atoms with Gasteiger partial charge in [0.2, 0.25) is 5.91 Å². The van der Waals surface area contributed by atoms with Crippen molar-refractivity contribution in [2.75, 3.05) is 19.7 Å². The van der Waals surface area contributed by atoms with Crippen molar-refractivity contribution < 1.29 is 9.53 Å². The normalized spacial score (nSPS) is 21.7. The molecule has 88 valence electrons. The van der Waals surface area contributed by atoms with Gasteiger partial charge in [0.15, 0.2) is 0 Å². The molecule has 0 aromatic carbocycles. The van der Waals surface area contributed by atoms with Crippen molar-refractivity contribution in [1.29, 1.82) is 0 Å².